The third kappa shape index (κ3) is 3.02. The van der Waals surface area contributed by atoms with E-state index in [1.807, 2.05) is 11.3 Å². The third-order valence-corrected chi connectivity index (χ3v) is 5.43. The van der Waals surface area contributed by atoms with Gasteiger partial charge < -0.3 is 5.73 Å². The zero-order chi connectivity index (χ0) is 14.2. The first-order chi connectivity index (χ1) is 8.85. The van der Waals surface area contributed by atoms with E-state index in [1.54, 1.807) is 0 Å². The lowest BCUT2D eigenvalue weighted by Gasteiger charge is -2.48. The van der Waals surface area contributed by atoms with Gasteiger partial charge in [-0.05, 0) is 46.4 Å². The zero-order valence-electron chi connectivity index (χ0n) is 12.9. The highest BCUT2D eigenvalue weighted by Gasteiger charge is 2.34. The van der Waals surface area contributed by atoms with Gasteiger partial charge >= 0.3 is 0 Å². The first-order valence-corrected chi connectivity index (χ1v) is 7.89. The van der Waals surface area contributed by atoms with Gasteiger partial charge in [-0.3, -0.25) is 9.80 Å². The summed E-state index contributed by atoms with van der Waals surface area (Å²) in [6.45, 7) is 13.1. The van der Waals surface area contributed by atoms with Crippen molar-refractivity contribution >= 4 is 11.3 Å². The molecule has 1 unspecified atom stereocenters. The van der Waals surface area contributed by atoms with E-state index in [1.165, 1.54) is 15.3 Å². The van der Waals surface area contributed by atoms with Crippen LogP contribution >= 0.6 is 11.3 Å². The van der Waals surface area contributed by atoms with Crippen LogP contribution < -0.4 is 5.73 Å². The molecular weight excluding hydrogens is 254 g/mol. The standard InChI is InChI=1S/C15H27N3S/c1-11-8-13(12(2)19-11)14(9-16)18-7-6-17(5)15(3,4)10-18/h8,14H,6-7,9-10,16H2,1-5H3. The summed E-state index contributed by atoms with van der Waals surface area (Å²) < 4.78 is 0. The van der Waals surface area contributed by atoms with Gasteiger partial charge in [-0.1, -0.05) is 0 Å². The molecule has 1 aromatic heterocycles. The molecule has 3 nitrogen and oxygen atoms in total. The second-order valence-corrected chi connectivity index (χ2v) is 7.78. The minimum atomic E-state index is 0.227. The second kappa shape index (κ2) is 5.52. The molecule has 1 saturated heterocycles. The van der Waals surface area contributed by atoms with E-state index in [0.717, 1.165) is 19.6 Å². The molecule has 1 aromatic rings. The van der Waals surface area contributed by atoms with Gasteiger partial charge in [0.1, 0.15) is 0 Å². The van der Waals surface area contributed by atoms with E-state index in [2.05, 4.69) is 50.6 Å². The van der Waals surface area contributed by atoms with E-state index in [0.29, 0.717) is 12.6 Å². The van der Waals surface area contributed by atoms with Crippen LogP contribution in [0.5, 0.6) is 0 Å². The van der Waals surface area contributed by atoms with Crippen LogP contribution in [0.4, 0.5) is 0 Å². The molecular formula is C15H27N3S. The number of hydrogen-bond acceptors (Lipinski definition) is 4. The molecule has 0 radical (unpaired) electrons. The summed E-state index contributed by atoms with van der Waals surface area (Å²) >= 11 is 1.88. The molecule has 4 heteroatoms. The molecule has 19 heavy (non-hydrogen) atoms. The maximum atomic E-state index is 6.09. The Hall–Kier alpha value is -0.420. The Morgan fingerprint density at radius 2 is 2.05 bits per heavy atom. The first kappa shape index (κ1) is 15.0. The largest absolute Gasteiger partial charge is 0.329 e. The summed E-state index contributed by atoms with van der Waals surface area (Å²) in [7, 11) is 2.22. The van der Waals surface area contributed by atoms with Crippen molar-refractivity contribution in [1.29, 1.82) is 0 Å². The maximum absolute atomic E-state index is 6.09. The molecule has 0 amide bonds. The van der Waals surface area contributed by atoms with Crippen molar-refractivity contribution in [3.63, 3.8) is 0 Å². The quantitative estimate of drug-likeness (QED) is 0.923. The van der Waals surface area contributed by atoms with Gasteiger partial charge in [0.25, 0.3) is 0 Å². The average Bonchev–Trinajstić information content (AvgIpc) is 2.64. The van der Waals surface area contributed by atoms with E-state index < -0.39 is 0 Å². The number of piperazine rings is 1. The van der Waals surface area contributed by atoms with Crippen molar-refractivity contribution in [2.75, 3.05) is 33.2 Å². The maximum Gasteiger partial charge on any atom is 0.0482 e. The molecule has 108 valence electrons. The number of nitrogens with zero attached hydrogens (tertiary/aromatic N) is 2. The molecule has 0 saturated carbocycles. The number of aryl methyl sites for hydroxylation is 2. The van der Waals surface area contributed by atoms with E-state index in [-0.39, 0.29) is 5.54 Å². The van der Waals surface area contributed by atoms with Crippen LogP contribution in [0.3, 0.4) is 0 Å². The number of nitrogens with two attached hydrogens (primary N) is 1. The molecule has 1 atom stereocenters. The van der Waals surface area contributed by atoms with Crippen LogP contribution in [0.1, 0.15) is 35.2 Å². The number of hydrogen-bond donors (Lipinski definition) is 1. The lowest BCUT2D eigenvalue weighted by Crippen LogP contribution is -2.58. The topological polar surface area (TPSA) is 32.5 Å². The van der Waals surface area contributed by atoms with Gasteiger partial charge in [-0.15, -0.1) is 11.3 Å². The molecule has 2 N–H and O–H groups in total. The number of rotatable bonds is 3. The molecule has 2 heterocycles. The van der Waals surface area contributed by atoms with Crippen LogP contribution in [0.25, 0.3) is 0 Å². The van der Waals surface area contributed by atoms with Gasteiger partial charge in [-0.25, -0.2) is 0 Å². The number of thiophene rings is 1. The fraction of sp³-hybridized carbons (Fsp3) is 0.733. The van der Waals surface area contributed by atoms with Crippen LogP contribution in [0.15, 0.2) is 6.07 Å². The molecule has 0 aliphatic carbocycles. The van der Waals surface area contributed by atoms with Gasteiger partial charge in [0.15, 0.2) is 0 Å². The molecule has 0 bridgehead atoms. The fourth-order valence-corrected chi connectivity index (χ4v) is 3.98. The lowest BCUT2D eigenvalue weighted by atomic mass is 9.96. The smallest absolute Gasteiger partial charge is 0.0482 e. The van der Waals surface area contributed by atoms with Crippen molar-refractivity contribution in [1.82, 2.24) is 9.80 Å². The highest BCUT2D eigenvalue weighted by molar-refractivity contribution is 7.12. The normalized spacial score (nSPS) is 22.6. The van der Waals surface area contributed by atoms with Crippen LogP contribution in [0, 0.1) is 13.8 Å². The summed E-state index contributed by atoms with van der Waals surface area (Å²) in [5, 5.41) is 0. The highest BCUT2D eigenvalue weighted by atomic mass is 32.1. The van der Waals surface area contributed by atoms with E-state index >= 15 is 0 Å². The fourth-order valence-electron chi connectivity index (χ4n) is 3.00. The van der Waals surface area contributed by atoms with Crippen LogP contribution in [-0.2, 0) is 0 Å². The minimum absolute atomic E-state index is 0.227. The summed E-state index contributed by atoms with van der Waals surface area (Å²) in [5.41, 5.74) is 7.75. The van der Waals surface area contributed by atoms with E-state index in [9.17, 15) is 0 Å². The summed E-state index contributed by atoms with van der Waals surface area (Å²) in [6.07, 6.45) is 0. The Bertz CT molecular complexity index is 439. The highest BCUT2D eigenvalue weighted by Crippen LogP contribution is 2.32. The van der Waals surface area contributed by atoms with Crippen molar-refractivity contribution in [2.24, 2.45) is 5.73 Å². The summed E-state index contributed by atoms with van der Waals surface area (Å²) in [5.74, 6) is 0. The lowest BCUT2D eigenvalue weighted by molar-refractivity contribution is 0.0180. The van der Waals surface area contributed by atoms with Gasteiger partial charge in [0, 0.05) is 47.5 Å². The molecule has 0 aromatic carbocycles. The average molecular weight is 281 g/mol. The Balaban J connectivity index is 2.21. The molecule has 1 aliphatic heterocycles. The van der Waals surface area contributed by atoms with Crippen molar-refractivity contribution < 1.29 is 0 Å². The van der Waals surface area contributed by atoms with Crippen LogP contribution in [-0.4, -0.2) is 48.6 Å². The molecule has 1 fully saturated rings. The Labute approximate surface area is 121 Å². The molecule has 1 aliphatic rings. The molecule has 0 spiro atoms. The summed E-state index contributed by atoms with van der Waals surface area (Å²) in [4.78, 5) is 7.82. The van der Waals surface area contributed by atoms with Crippen molar-refractivity contribution in [3.05, 3.63) is 21.4 Å². The Morgan fingerprint density at radius 1 is 1.37 bits per heavy atom. The monoisotopic (exact) mass is 281 g/mol. The predicted molar refractivity (Wildman–Crippen MR) is 83.9 cm³/mol. The predicted octanol–water partition coefficient (Wildman–Crippen LogP) is 2.39. The summed E-state index contributed by atoms with van der Waals surface area (Å²) in [6, 6.07) is 2.70. The molecule has 2 rings (SSSR count). The van der Waals surface area contributed by atoms with Crippen LogP contribution in [0.2, 0.25) is 0 Å². The number of likely N-dealkylation sites (N-methyl/N-ethyl adjacent to an activating group) is 1. The Kier molecular flexibility index (Phi) is 4.35. The SMILES string of the molecule is Cc1cc(C(CN)N2CCN(C)C(C)(C)C2)c(C)s1. The third-order valence-electron chi connectivity index (χ3n) is 4.45. The zero-order valence-corrected chi connectivity index (χ0v) is 13.7. The van der Waals surface area contributed by atoms with Gasteiger partial charge in [-0.2, -0.15) is 0 Å². The Morgan fingerprint density at radius 3 is 2.53 bits per heavy atom. The minimum Gasteiger partial charge on any atom is -0.329 e. The van der Waals surface area contributed by atoms with E-state index in [4.69, 9.17) is 5.73 Å². The van der Waals surface area contributed by atoms with Gasteiger partial charge in [0.05, 0.1) is 0 Å². The second-order valence-electron chi connectivity index (χ2n) is 6.32. The van der Waals surface area contributed by atoms with Gasteiger partial charge in [0.2, 0.25) is 0 Å². The van der Waals surface area contributed by atoms with Crippen molar-refractivity contribution in [3.8, 4) is 0 Å². The van der Waals surface area contributed by atoms with Crippen molar-refractivity contribution in [2.45, 2.75) is 39.3 Å². The first-order valence-electron chi connectivity index (χ1n) is 7.07.